The zero-order chi connectivity index (χ0) is 13.5. The number of hydrogen-bond acceptors (Lipinski definition) is 1. The lowest BCUT2D eigenvalue weighted by Crippen LogP contribution is -1.99. The van der Waals surface area contributed by atoms with Crippen LogP contribution in [0.4, 0.5) is 0 Å². The normalized spacial score (nSPS) is 11.2. The molecule has 0 aromatic heterocycles. The van der Waals surface area contributed by atoms with Crippen LogP contribution < -0.4 is 0 Å². The van der Waals surface area contributed by atoms with Gasteiger partial charge in [-0.1, -0.05) is 50.2 Å². The Morgan fingerprint density at radius 1 is 1.22 bits per heavy atom. The second-order valence-electron chi connectivity index (χ2n) is 4.16. The lowest BCUT2D eigenvalue weighted by Gasteiger charge is -1.97. The molecule has 0 saturated heterocycles. The molecule has 0 amide bonds. The van der Waals surface area contributed by atoms with E-state index < -0.39 is 6.10 Å². The van der Waals surface area contributed by atoms with E-state index in [4.69, 9.17) is 0 Å². The molecule has 1 nitrogen and oxygen atoms in total. The van der Waals surface area contributed by atoms with Crippen LogP contribution in [0.2, 0.25) is 0 Å². The Bertz CT molecular complexity index is 343. The second-order valence-corrected chi connectivity index (χ2v) is 4.16. The molecule has 0 aliphatic rings. The van der Waals surface area contributed by atoms with Gasteiger partial charge in [-0.05, 0) is 37.2 Å². The Morgan fingerprint density at radius 2 is 2.06 bits per heavy atom. The van der Waals surface area contributed by atoms with E-state index >= 15 is 0 Å². The lowest BCUT2D eigenvalue weighted by atomic mass is 10.1. The molecule has 1 unspecified atom stereocenters. The monoisotopic (exact) mass is 244 g/mol. The number of aliphatic hydroxyl groups is 1. The summed E-state index contributed by atoms with van der Waals surface area (Å²) in [6.07, 6.45) is 12.6. The number of rotatable bonds is 8. The Labute approximate surface area is 112 Å². The number of unbranched alkanes of at least 4 members (excludes halogenated alkanes) is 4. The van der Waals surface area contributed by atoms with Crippen molar-refractivity contribution in [3.05, 3.63) is 24.8 Å². The third-order valence-corrected chi connectivity index (χ3v) is 2.49. The molecule has 0 aromatic carbocycles. The van der Waals surface area contributed by atoms with Gasteiger partial charge in [0.2, 0.25) is 0 Å². The van der Waals surface area contributed by atoms with Crippen LogP contribution in [-0.4, -0.2) is 11.2 Å². The minimum absolute atomic E-state index is 0.449. The van der Waals surface area contributed by atoms with Gasteiger partial charge in [-0.3, -0.25) is 0 Å². The predicted molar refractivity (Wildman–Crippen MR) is 78.9 cm³/mol. The maximum Gasteiger partial charge on any atom is 0.0727 e. The zero-order valence-electron chi connectivity index (χ0n) is 11.4. The zero-order valence-corrected chi connectivity index (χ0v) is 11.4. The number of allylic oxidation sites excluding steroid dienone is 2. The average Bonchev–Trinajstić information content (AvgIpc) is 2.39. The van der Waals surface area contributed by atoms with Crippen molar-refractivity contribution < 1.29 is 5.11 Å². The fourth-order valence-electron chi connectivity index (χ4n) is 1.35. The summed E-state index contributed by atoms with van der Waals surface area (Å²) in [5, 5.41) is 9.19. The molecule has 0 saturated carbocycles. The third kappa shape index (κ3) is 12.6. The van der Waals surface area contributed by atoms with Crippen LogP contribution >= 0.6 is 0 Å². The fraction of sp³-hybridized carbons (Fsp3) is 0.529. The van der Waals surface area contributed by atoms with Gasteiger partial charge >= 0.3 is 0 Å². The number of hydrogen-bond donors (Lipinski definition) is 1. The summed E-state index contributed by atoms with van der Waals surface area (Å²) >= 11 is 0. The number of aliphatic hydroxyl groups excluding tert-OH is 1. The van der Waals surface area contributed by atoms with Gasteiger partial charge in [0, 0.05) is 6.42 Å². The summed E-state index contributed by atoms with van der Waals surface area (Å²) in [5.41, 5.74) is 0. The molecule has 0 aliphatic heterocycles. The van der Waals surface area contributed by atoms with Gasteiger partial charge in [0.25, 0.3) is 0 Å². The highest BCUT2D eigenvalue weighted by Gasteiger charge is 1.93. The first-order chi connectivity index (χ1) is 8.81. The maximum absolute atomic E-state index is 9.19. The SMILES string of the molecule is C=CC(O)CCC#CC#C/C=C/CCCCCC. The Kier molecular flexibility index (Phi) is 12.5. The van der Waals surface area contributed by atoms with Gasteiger partial charge in [-0.15, -0.1) is 6.58 Å². The van der Waals surface area contributed by atoms with Crippen molar-refractivity contribution in [2.75, 3.05) is 0 Å². The van der Waals surface area contributed by atoms with E-state index in [-0.39, 0.29) is 0 Å². The minimum atomic E-state index is -0.449. The van der Waals surface area contributed by atoms with Crippen LogP contribution in [0.5, 0.6) is 0 Å². The van der Waals surface area contributed by atoms with Gasteiger partial charge in [-0.25, -0.2) is 0 Å². The van der Waals surface area contributed by atoms with Gasteiger partial charge in [-0.2, -0.15) is 0 Å². The quantitative estimate of drug-likeness (QED) is 0.391. The summed E-state index contributed by atoms with van der Waals surface area (Å²) in [6, 6.07) is 0. The van der Waals surface area contributed by atoms with Gasteiger partial charge in [0.1, 0.15) is 0 Å². The summed E-state index contributed by atoms with van der Waals surface area (Å²) in [5.74, 6) is 11.3. The van der Waals surface area contributed by atoms with Gasteiger partial charge in [0.05, 0.1) is 6.10 Å². The molecule has 0 rings (SSSR count). The molecule has 0 heterocycles. The van der Waals surface area contributed by atoms with E-state index in [1.54, 1.807) is 0 Å². The second kappa shape index (κ2) is 13.6. The molecule has 0 fully saturated rings. The van der Waals surface area contributed by atoms with Crippen molar-refractivity contribution in [3.8, 4) is 23.7 Å². The van der Waals surface area contributed by atoms with Crippen LogP contribution in [0.1, 0.15) is 51.9 Å². The van der Waals surface area contributed by atoms with Crippen LogP contribution in [0, 0.1) is 23.7 Å². The van der Waals surface area contributed by atoms with E-state index in [0.717, 1.165) is 6.42 Å². The first kappa shape index (κ1) is 16.6. The van der Waals surface area contributed by atoms with Gasteiger partial charge in [0.15, 0.2) is 0 Å². The smallest absolute Gasteiger partial charge is 0.0727 e. The predicted octanol–water partition coefficient (Wildman–Crippen LogP) is 3.85. The summed E-state index contributed by atoms with van der Waals surface area (Å²) in [6.45, 7) is 5.72. The summed E-state index contributed by atoms with van der Waals surface area (Å²) in [4.78, 5) is 0. The Balaban J connectivity index is 3.56. The third-order valence-electron chi connectivity index (χ3n) is 2.49. The molecule has 1 N–H and O–H groups in total. The summed E-state index contributed by atoms with van der Waals surface area (Å²) < 4.78 is 0. The molecular weight excluding hydrogens is 220 g/mol. The van der Waals surface area contributed by atoms with Gasteiger partial charge < -0.3 is 5.11 Å². The van der Waals surface area contributed by atoms with Crippen molar-refractivity contribution in [1.82, 2.24) is 0 Å². The van der Waals surface area contributed by atoms with Crippen LogP contribution in [-0.2, 0) is 0 Å². The largest absolute Gasteiger partial charge is 0.389 e. The lowest BCUT2D eigenvalue weighted by molar-refractivity contribution is 0.215. The molecule has 0 aromatic rings. The standard InChI is InChI=1S/C17H24O/c1-3-5-6-7-8-9-10-11-12-13-14-15-16-17(18)4-2/h4,9-10,17-18H,2-3,5-8,15-16H2,1H3/b10-9+. The van der Waals surface area contributed by atoms with E-state index in [2.05, 4.69) is 43.3 Å². The van der Waals surface area contributed by atoms with Crippen molar-refractivity contribution in [1.29, 1.82) is 0 Å². The Morgan fingerprint density at radius 3 is 2.78 bits per heavy atom. The molecule has 98 valence electrons. The first-order valence-corrected chi connectivity index (χ1v) is 6.75. The summed E-state index contributed by atoms with van der Waals surface area (Å²) in [7, 11) is 0. The molecule has 0 bridgehead atoms. The van der Waals surface area contributed by atoms with Crippen molar-refractivity contribution >= 4 is 0 Å². The van der Waals surface area contributed by atoms with E-state index in [1.807, 2.05) is 6.08 Å². The first-order valence-electron chi connectivity index (χ1n) is 6.75. The Hall–Kier alpha value is -1.44. The van der Waals surface area contributed by atoms with Crippen LogP contribution in [0.25, 0.3) is 0 Å². The van der Waals surface area contributed by atoms with Crippen molar-refractivity contribution in [2.45, 2.75) is 58.0 Å². The molecule has 1 atom stereocenters. The van der Waals surface area contributed by atoms with Crippen molar-refractivity contribution in [2.24, 2.45) is 0 Å². The molecule has 0 radical (unpaired) electrons. The highest BCUT2D eigenvalue weighted by atomic mass is 16.3. The maximum atomic E-state index is 9.19. The van der Waals surface area contributed by atoms with Crippen LogP contribution in [0.3, 0.4) is 0 Å². The molecule has 1 heteroatoms. The molecular formula is C17H24O. The molecule has 0 spiro atoms. The highest BCUT2D eigenvalue weighted by molar-refractivity contribution is 5.30. The van der Waals surface area contributed by atoms with E-state index in [0.29, 0.717) is 12.8 Å². The van der Waals surface area contributed by atoms with E-state index in [9.17, 15) is 5.11 Å². The minimum Gasteiger partial charge on any atom is -0.389 e. The highest BCUT2D eigenvalue weighted by Crippen LogP contribution is 2.02. The average molecular weight is 244 g/mol. The topological polar surface area (TPSA) is 20.2 Å². The van der Waals surface area contributed by atoms with Crippen molar-refractivity contribution in [3.63, 3.8) is 0 Å². The molecule has 18 heavy (non-hydrogen) atoms. The molecule has 0 aliphatic carbocycles. The fourth-order valence-corrected chi connectivity index (χ4v) is 1.35. The van der Waals surface area contributed by atoms with E-state index in [1.165, 1.54) is 31.8 Å². The van der Waals surface area contributed by atoms with Crippen LogP contribution in [0.15, 0.2) is 24.8 Å².